The van der Waals surface area contributed by atoms with Crippen molar-refractivity contribution in [2.75, 3.05) is 19.6 Å². The summed E-state index contributed by atoms with van der Waals surface area (Å²) in [4.78, 5) is 53.3. The van der Waals surface area contributed by atoms with Crippen LogP contribution in [-0.4, -0.2) is 59.1 Å². The Hall–Kier alpha value is -2.70. The normalized spacial score (nSPS) is 19.9. The van der Waals surface area contributed by atoms with Gasteiger partial charge in [-0.15, -0.1) is 0 Å². The zero-order chi connectivity index (χ0) is 22.7. The second-order valence-electron chi connectivity index (χ2n) is 9.42. The van der Waals surface area contributed by atoms with Crippen LogP contribution in [0.15, 0.2) is 18.2 Å². The molecule has 2 aliphatic heterocycles. The molecule has 1 aromatic carbocycles. The lowest BCUT2D eigenvalue weighted by atomic mass is 9.87. The smallest absolute Gasteiger partial charge is 0.261 e. The predicted octanol–water partition coefficient (Wildman–Crippen LogP) is 3.06. The van der Waals surface area contributed by atoms with Crippen LogP contribution in [0.3, 0.4) is 0 Å². The van der Waals surface area contributed by atoms with Crippen LogP contribution >= 0.6 is 0 Å². The number of benzene rings is 1. The molecule has 1 aliphatic carbocycles. The number of hydrogen-bond acceptors (Lipinski definition) is 4. The van der Waals surface area contributed by atoms with E-state index in [0.29, 0.717) is 36.5 Å². The summed E-state index contributed by atoms with van der Waals surface area (Å²) in [6.07, 6.45) is 7.86. The maximum atomic E-state index is 12.7. The number of nitrogens with one attached hydrogen (secondary N) is 1. The molecule has 2 fully saturated rings. The lowest BCUT2D eigenvalue weighted by Gasteiger charge is -2.35. The van der Waals surface area contributed by atoms with Crippen molar-refractivity contribution < 1.29 is 19.2 Å². The molecule has 1 saturated carbocycles. The van der Waals surface area contributed by atoms with Crippen molar-refractivity contribution in [3.63, 3.8) is 0 Å². The number of likely N-dealkylation sites (tertiary alicyclic amines) is 1. The van der Waals surface area contributed by atoms with Crippen molar-refractivity contribution in [1.29, 1.82) is 0 Å². The van der Waals surface area contributed by atoms with E-state index in [4.69, 9.17) is 0 Å². The molecule has 1 N–H and O–H groups in total. The van der Waals surface area contributed by atoms with Gasteiger partial charge in [-0.1, -0.05) is 30.9 Å². The SMILES string of the molecule is Cc1ccc2c(c1)C(=O)N(CCCC(=O)NC1CCN(C(=O)C3CCCCC3)CC1)C2=O. The third-order valence-electron chi connectivity index (χ3n) is 7.04. The number of hydrogen-bond donors (Lipinski definition) is 1. The summed E-state index contributed by atoms with van der Waals surface area (Å²) >= 11 is 0. The van der Waals surface area contributed by atoms with Crippen LogP contribution in [0.25, 0.3) is 0 Å². The second-order valence-corrected chi connectivity index (χ2v) is 9.42. The van der Waals surface area contributed by atoms with E-state index in [1.807, 2.05) is 17.9 Å². The molecule has 32 heavy (non-hydrogen) atoms. The Morgan fingerprint density at radius 3 is 2.38 bits per heavy atom. The Bertz CT molecular complexity index is 898. The molecule has 4 rings (SSSR count). The molecular weight excluding hydrogens is 406 g/mol. The summed E-state index contributed by atoms with van der Waals surface area (Å²) in [6, 6.07) is 5.35. The zero-order valence-corrected chi connectivity index (χ0v) is 18.9. The van der Waals surface area contributed by atoms with Gasteiger partial charge in [-0.05, 0) is 51.2 Å². The predicted molar refractivity (Wildman–Crippen MR) is 120 cm³/mol. The van der Waals surface area contributed by atoms with Crippen LogP contribution in [-0.2, 0) is 9.59 Å². The topological polar surface area (TPSA) is 86.8 Å². The molecule has 4 amide bonds. The largest absolute Gasteiger partial charge is 0.353 e. The third kappa shape index (κ3) is 4.87. The molecule has 172 valence electrons. The number of fused-ring (bicyclic) bond motifs is 1. The lowest BCUT2D eigenvalue weighted by molar-refractivity contribution is -0.137. The fourth-order valence-electron chi connectivity index (χ4n) is 5.16. The molecule has 3 aliphatic rings. The maximum Gasteiger partial charge on any atom is 0.261 e. The summed E-state index contributed by atoms with van der Waals surface area (Å²) in [7, 11) is 0. The molecule has 1 aromatic rings. The van der Waals surface area contributed by atoms with Crippen molar-refractivity contribution in [2.24, 2.45) is 5.92 Å². The monoisotopic (exact) mass is 439 g/mol. The third-order valence-corrected chi connectivity index (χ3v) is 7.04. The Morgan fingerprint density at radius 2 is 1.66 bits per heavy atom. The quantitative estimate of drug-likeness (QED) is 0.690. The Labute approximate surface area is 189 Å². The Kier molecular flexibility index (Phi) is 6.92. The Morgan fingerprint density at radius 1 is 0.969 bits per heavy atom. The Balaban J connectivity index is 1.17. The van der Waals surface area contributed by atoms with Gasteiger partial charge in [-0.3, -0.25) is 24.1 Å². The van der Waals surface area contributed by atoms with Crippen LogP contribution in [0, 0.1) is 12.8 Å². The number of carbonyl (C=O) groups is 4. The van der Waals surface area contributed by atoms with Crippen molar-refractivity contribution in [1.82, 2.24) is 15.1 Å². The number of carbonyl (C=O) groups excluding carboxylic acids is 4. The molecular formula is C25H33N3O4. The highest BCUT2D eigenvalue weighted by molar-refractivity contribution is 6.21. The van der Waals surface area contributed by atoms with Gasteiger partial charge in [-0.2, -0.15) is 0 Å². The molecule has 7 nitrogen and oxygen atoms in total. The molecule has 0 radical (unpaired) electrons. The number of rotatable bonds is 6. The molecule has 0 spiro atoms. The maximum absolute atomic E-state index is 12.7. The number of piperidine rings is 1. The minimum atomic E-state index is -0.277. The fourth-order valence-corrected chi connectivity index (χ4v) is 5.16. The van der Waals surface area contributed by atoms with Crippen molar-refractivity contribution in [3.8, 4) is 0 Å². The van der Waals surface area contributed by atoms with E-state index < -0.39 is 0 Å². The van der Waals surface area contributed by atoms with Crippen LogP contribution in [0.4, 0.5) is 0 Å². The van der Waals surface area contributed by atoms with E-state index >= 15 is 0 Å². The average Bonchev–Trinajstić information content (AvgIpc) is 3.04. The van der Waals surface area contributed by atoms with E-state index in [-0.39, 0.29) is 42.6 Å². The molecule has 0 bridgehead atoms. The zero-order valence-electron chi connectivity index (χ0n) is 18.9. The van der Waals surface area contributed by atoms with Crippen molar-refractivity contribution in [3.05, 3.63) is 34.9 Å². The van der Waals surface area contributed by atoms with Crippen LogP contribution in [0.2, 0.25) is 0 Å². The van der Waals surface area contributed by atoms with E-state index in [2.05, 4.69) is 5.32 Å². The highest BCUT2D eigenvalue weighted by Gasteiger charge is 2.35. The van der Waals surface area contributed by atoms with Gasteiger partial charge in [0.15, 0.2) is 0 Å². The van der Waals surface area contributed by atoms with E-state index in [9.17, 15) is 19.2 Å². The van der Waals surface area contributed by atoms with Gasteiger partial charge in [0, 0.05) is 38.0 Å². The van der Waals surface area contributed by atoms with Gasteiger partial charge in [0.05, 0.1) is 11.1 Å². The van der Waals surface area contributed by atoms with E-state index in [1.54, 1.807) is 12.1 Å². The van der Waals surface area contributed by atoms with E-state index in [0.717, 1.165) is 44.1 Å². The number of nitrogens with zero attached hydrogens (tertiary/aromatic N) is 2. The van der Waals surface area contributed by atoms with Crippen LogP contribution < -0.4 is 5.32 Å². The summed E-state index contributed by atoms with van der Waals surface area (Å²) in [5, 5.41) is 3.07. The van der Waals surface area contributed by atoms with Gasteiger partial charge in [-0.25, -0.2) is 0 Å². The lowest BCUT2D eigenvalue weighted by Crippen LogP contribution is -2.48. The first kappa shape index (κ1) is 22.5. The molecule has 0 unspecified atom stereocenters. The van der Waals surface area contributed by atoms with Gasteiger partial charge < -0.3 is 10.2 Å². The number of aryl methyl sites for hydroxylation is 1. The average molecular weight is 440 g/mol. The van der Waals surface area contributed by atoms with Crippen LogP contribution in [0.1, 0.15) is 84.1 Å². The molecule has 0 aromatic heterocycles. The molecule has 2 heterocycles. The molecule has 1 saturated heterocycles. The first-order chi connectivity index (χ1) is 15.4. The van der Waals surface area contributed by atoms with E-state index in [1.165, 1.54) is 11.3 Å². The van der Waals surface area contributed by atoms with Gasteiger partial charge in [0.25, 0.3) is 11.8 Å². The first-order valence-electron chi connectivity index (χ1n) is 12.0. The summed E-state index contributed by atoms with van der Waals surface area (Å²) in [5.41, 5.74) is 1.84. The van der Waals surface area contributed by atoms with Gasteiger partial charge >= 0.3 is 0 Å². The number of imide groups is 1. The van der Waals surface area contributed by atoms with Crippen LogP contribution in [0.5, 0.6) is 0 Å². The standard InChI is InChI=1S/C25H33N3O4/c1-17-9-10-20-21(16-17)25(32)28(24(20)31)13-5-8-22(29)26-19-11-14-27(15-12-19)23(30)18-6-3-2-4-7-18/h9-10,16,18-19H,2-8,11-15H2,1H3,(H,26,29). The number of amides is 4. The fraction of sp³-hybridized carbons (Fsp3) is 0.600. The highest BCUT2D eigenvalue weighted by atomic mass is 16.2. The summed E-state index contributed by atoms with van der Waals surface area (Å²) < 4.78 is 0. The minimum absolute atomic E-state index is 0.0606. The van der Waals surface area contributed by atoms with Crippen molar-refractivity contribution in [2.45, 2.75) is 70.8 Å². The molecule has 0 atom stereocenters. The summed E-state index contributed by atoms with van der Waals surface area (Å²) in [5.74, 6) is -0.120. The minimum Gasteiger partial charge on any atom is -0.353 e. The van der Waals surface area contributed by atoms with Gasteiger partial charge in [0.2, 0.25) is 11.8 Å². The molecule has 7 heteroatoms. The van der Waals surface area contributed by atoms with Gasteiger partial charge in [0.1, 0.15) is 0 Å². The first-order valence-corrected chi connectivity index (χ1v) is 12.0. The van der Waals surface area contributed by atoms with Crippen molar-refractivity contribution >= 4 is 23.6 Å². The summed E-state index contributed by atoms with van der Waals surface area (Å²) in [6.45, 7) is 3.54. The highest BCUT2D eigenvalue weighted by Crippen LogP contribution is 2.27. The second kappa shape index (κ2) is 9.84.